The minimum atomic E-state index is 0.504. The van der Waals surface area contributed by atoms with E-state index in [9.17, 15) is 0 Å². The molecule has 5 heteroatoms. The highest BCUT2D eigenvalue weighted by molar-refractivity contribution is 5.12. The molecule has 2 fully saturated rings. The number of hydrogen-bond donors (Lipinski definition) is 4. The van der Waals surface area contributed by atoms with Crippen LogP contribution in [0.1, 0.15) is 69.7 Å². The average molecular weight is 372 g/mol. The number of fused-ring (bicyclic) bond motifs is 4. The van der Waals surface area contributed by atoms with Crippen molar-refractivity contribution in [1.29, 1.82) is 0 Å². The molecule has 1 aromatic heterocycles. The Kier molecular flexibility index (Phi) is 6.77. The summed E-state index contributed by atoms with van der Waals surface area (Å²) in [6.07, 6.45) is 10.5. The van der Waals surface area contributed by atoms with Crippen LogP contribution in [-0.2, 0) is 13.1 Å². The summed E-state index contributed by atoms with van der Waals surface area (Å²) >= 11 is 0. The van der Waals surface area contributed by atoms with Gasteiger partial charge in [0, 0.05) is 49.8 Å². The predicted molar refractivity (Wildman–Crippen MR) is 111 cm³/mol. The second-order valence-corrected chi connectivity index (χ2v) is 8.85. The van der Waals surface area contributed by atoms with Crippen LogP contribution in [-0.4, -0.2) is 41.7 Å². The van der Waals surface area contributed by atoms with Crippen molar-refractivity contribution in [1.82, 2.24) is 26.3 Å². The molecule has 0 aromatic carbocycles. The first-order valence-electron chi connectivity index (χ1n) is 11.2. The lowest BCUT2D eigenvalue weighted by Gasteiger charge is -2.37. The maximum Gasteiger partial charge on any atom is 0.0545 e. The van der Waals surface area contributed by atoms with E-state index in [1.807, 2.05) is 0 Å². The van der Waals surface area contributed by atoms with Gasteiger partial charge in [-0.25, -0.2) is 0 Å². The Hall–Kier alpha value is -1.01. The molecule has 2 saturated carbocycles. The highest BCUT2D eigenvalue weighted by Gasteiger charge is 2.28. The van der Waals surface area contributed by atoms with E-state index in [4.69, 9.17) is 4.98 Å². The van der Waals surface area contributed by atoms with Crippen molar-refractivity contribution in [3.8, 4) is 0 Å². The van der Waals surface area contributed by atoms with Gasteiger partial charge in [-0.15, -0.1) is 0 Å². The summed E-state index contributed by atoms with van der Waals surface area (Å²) in [7, 11) is 0. The van der Waals surface area contributed by atoms with Crippen molar-refractivity contribution in [2.75, 3.05) is 6.54 Å². The van der Waals surface area contributed by atoms with Crippen molar-refractivity contribution in [3.63, 3.8) is 0 Å². The molecule has 3 aliphatic rings. The Morgan fingerprint density at radius 3 is 1.89 bits per heavy atom. The van der Waals surface area contributed by atoms with E-state index in [-0.39, 0.29) is 0 Å². The topological polar surface area (TPSA) is 61.0 Å². The van der Waals surface area contributed by atoms with Crippen LogP contribution < -0.4 is 21.3 Å². The lowest BCUT2D eigenvalue weighted by Crippen LogP contribution is -2.56. The largest absolute Gasteiger partial charge is 0.311 e. The number of nitrogens with one attached hydrogen (secondary N) is 4. The number of rotatable bonds is 0. The van der Waals surface area contributed by atoms with Gasteiger partial charge >= 0.3 is 0 Å². The van der Waals surface area contributed by atoms with Gasteiger partial charge in [-0.1, -0.05) is 31.7 Å². The highest BCUT2D eigenvalue weighted by Crippen LogP contribution is 2.21. The Balaban J connectivity index is 1.50. The summed E-state index contributed by atoms with van der Waals surface area (Å²) < 4.78 is 0. The average Bonchev–Trinajstić information content (AvgIpc) is 2.71. The van der Waals surface area contributed by atoms with Crippen molar-refractivity contribution in [3.05, 3.63) is 29.6 Å². The molecule has 150 valence electrons. The first-order valence-corrected chi connectivity index (χ1v) is 11.2. The van der Waals surface area contributed by atoms with Crippen LogP contribution in [0.3, 0.4) is 0 Å². The van der Waals surface area contributed by atoms with Gasteiger partial charge < -0.3 is 21.3 Å². The standard InChI is InChI=1S/C22H37N5/c1-16-13-23-19-9-2-3-10-20(19)24-14-17-7-6-8-18(27-17)15-25-21-11-4-5-12-22(21)26-16/h6-8,16,19-26H,2-5,9-15H2,1H3/t16-,19+,20+,21+,22+/m0/s1. The van der Waals surface area contributed by atoms with E-state index in [2.05, 4.69) is 46.4 Å². The fourth-order valence-electron chi connectivity index (χ4n) is 5.14. The van der Waals surface area contributed by atoms with Crippen molar-refractivity contribution >= 4 is 0 Å². The number of nitrogens with zero attached hydrogens (tertiary/aromatic N) is 1. The van der Waals surface area contributed by atoms with E-state index >= 15 is 0 Å². The van der Waals surface area contributed by atoms with Crippen molar-refractivity contribution < 1.29 is 0 Å². The molecule has 27 heavy (non-hydrogen) atoms. The van der Waals surface area contributed by atoms with Crippen molar-refractivity contribution in [2.45, 2.75) is 102 Å². The SMILES string of the molecule is C[C@H]1CN[C@@H]2CCCC[C@H]2NCc2cccc(n2)CN[C@@H]2CCCC[C@H]2N1. The molecule has 2 aliphatic carbocycles. The maximum atomic E-state index is 4.91. The molecule has 2 bridgehead atoms. The molecule has 0 spiro atoms. The minimum absolute atomic E-state index is 0.504. The van der Waals surface area contributed by atoms with Crippen LogP contribution in [0, 0.1) is 0 Å². The van der Waals surface area contributed by atoms with Crippen LogP contribution in [0.4, 0.5) is 0 Å². The van der Waals surface area contributed by atoms with E-state index in [0.717, 1.165) is 19.6 Å². The molecule has 0 unspecified atom stereocenters. The van der Waals surface area contributed by atoms with Gasteiger partial charge in [0.25, 0.3) is 0 Å². The zero-order valence-corrected chi connectivity index (χ0v) is 16.8. The number of pyridine rings is 1. The minimum Gasteiger partial charge on any atom is -0.311 e. The summed E-state index contributed by atoms with van der Waals surface area (Å²) in [5, 5.41) is 15.4. The van der Waals surface area contributed by atoms with Crippen molar-refractivity contribution in [2.24, 2.45) is 0 Å². The van der Waals surface area contributed by atoms with Gasteiger partial charge in [0.2, 0.25) is 0 Å². The second-order valence-electron chi connectivity index (χ2n) is 8.85. The monoisotopic (exact) mass is 371 g/mol. The van der Waals surface area contributed by atoms with Gasteiger partial charge in [-0.05, 0) is 44.7 Å². The lowest BCUT2D eigenvalue weighted by atomic mass is 9.89. The first-order chi connectivity index (χ1) is 13.3. The fourth-order valence-corrected chi connectivity index (χ4v) is 5.14. The van der Waals surface area contributed by atoms with Crippen LogP contribution in [0.25, 0.3) is 0 Å². The van der Waals surface area contributed by atoms with Crippen LogP contribution in [0.5, 0.6) is 0 Å². The third-order valence-electron chi connectivity index (χ3n) is 6.67. The smallest absolute Gasteiger partial charge is 0.0545 e. The van der Waals surface area contributed by atoms with Crippen LogP contribution in [0.2, 0.25) is 0 Å². The molecular formula is C22H37N5. The molecule has 2 heterocycles. The molecule has 0 saturated heterocycles. The van der Waals surface area contributed by atoms with Crippen LogP contribution in [0.15, 0.2) is 18.2 Å². The zero-order chi connectivity index (χ0) is 18.5. The molecular weight excluding hydrogens is 334 g/mol. The van der Waals surface area contributed by atoms with E-state index in [1.165, 1.54) is 62.8 Å². The predicted octanol–water partition coefficient (Wildman–Crippen LogP) is 2.46. The molecule has 0 radical (unpaired) electrons. The third kappa shape index (κ3) is 5.29. The number of aromatic nitrogens is 1. The fraction of sp³-hybridized carbons (Fsp3) is 0.773. The first kappa shape index (κ1) is 19.3. The summed E-state index contributed by atoms with van der Waals surface area (Å²) in [6, 6.07) is 9.25. The van der Waals surface area contributed by atoms with E-state index < -0.39 is 0 Å². The summed E-state index contributed by atoms with van der Waals surface area (Å²) in [6.45, 7) is 5.14. The molecule has 1 aliphatic heterocycles. The quantitative estimate of drug-likeness (QED) is 0.564. The molecule has 5 atom stereocenters. The van der Waals surface area contributed by atoms with E-state index in [1.54, 1.807) is 0 Å². The highest BCUT2D eigenvalue weighted by atomic mass is 15.1. The van der Waals surface area contributed by atoms with Gasteiger partial charge in [-0.3, -0.25) is 4.98 Å². The van der Waals surface area contributed by atoms with Gasteiger partial charge in [0.15, 0.2) is 0 Å². The molecule has 1 aromatic rings. The number of hydrogen-bond acceptors (Lipinski definition) is 5. The van der Waals surface area contributed by atoms with Gasteiger partial charge in [0.05, 0.1) is 11.4 Å². The molecule has 4 N–H and O–H groups in total. The normalized spacial score (nSPS) is 36.0. The molecule has 0 amide bonds. The Bertz CT molecular complexity index is 592. The molecule has 4 rings (SSSR count). The zero-order valence-electron chi connectivity index (χ0n) is 16.8. The lowest BCUT2D eigenvalue weighted by molar-refractivity contribution is 0.246. The van der Waals surface area contributed by atoms with E-state index in [0.29, 0.717) is 30.2 Å². The Morgan fingerprint density at radius 2 is 1.26 bits per heavy atom. The van der Waals surface area contributed by atoms with Gasteiger partial charge in [-0.2, -0.15) is 0 Å². The Labute approximate surface area is 164 Å². The summed E-state index contributed by atoms with van der Waals surface area (Å²) in [4.78, 5) is 4.91. The van der Waals surface area contributed by atoms with Gasteiger partial charge in [0.1, 0.15) is 0 Å². The Morgan fingerprint density at radius 1 is 0.741 bits per heavy atom. The summed E-state index contributed by atoms with van der Waals surface area (Å²) in [5.74, 6) is 0. The second kappa shape index (κ2) is 9.46. The molecule has 5 nitrogen and oxygen atoms in total. The third-order valence-corrected chi connectivity index (χ3v) is 6.67. The van der Waals surface area contributed by atoms with Crippen LogP contribution >= 0.6 is 0 Å². The maximum absolute atomic E-state index is 4.91. The summed E-state index contributed by atoms with van der Waals surface area (Å²) in [5.41, 5.74) is 2.33.